The van der Waals surface area contributed by atoms with Gasteiger partial charge in [0.15, 0.2) is 0 Å². The maximum atomic E-state index is 12.8. The minimum Gasteiger partial charge on any atom is -0.495 e. The average Bonchev–Trinajstić information content (AvgIpc) is 3.20. The lowest BCUT2D eigenvalue weighted by molar-refractivity contribution is -0.141. The summed E-state index contributed by atoms with van der Waals surface area (Å²) in [5.74, 6) is -0.676. The van der Waals surface area contributed by atoms with Gasteiger partial charge in [0.25, 0.3) is 5.56 Å². The number of aromatic nitrogens is 1. The van der Waals surface area contributed by atoms with E-state index in [2.05, 4.69) is 5.16 Å². The first-order chi connectivity index (χ1) is 13.5. The lowest BCUT2D eigenvalue weighted by atomic mass is 9.95. The Labute approximate surface area is 167 Å². The summed E-state index contributed by atoms with van der Waals surface area (Å²) in [6.07, 6.45) is 3.06. The molecule has 1 aromatic carbocycles. The predicted octanol–water partition coefficient (Wildman–Crippen LogP) is 3.73. The van der Waals surface area contributed by atoms with Crippen molar-refractivity contribution in [3.8, 4) is 16.9 Å². The molecule has 1 aliphatic rings. The first-order valence-electron chi connectivity index (χ1n) is 8.98. The molecule has 8 heteroatoms. The largest absolute Gasteiger partial charge is 0.495 e. The third-order valence-corrected chi connectivity index (χ3v) is 4.87. The Morgan fingerprint density at radius 3 is 2.75 bits per heavy atom. The Bertz CT molecular complexity index is 983. The van der Waals surface area contributed by atoms with Crippen molar-refractivity contribution in [2.24, 2.45) is 5.16 Å². The Morgan fingerprint density at radius 2 is 2.14 bits per heavy atom. The highest BCUT2D eigenvalue weighted by Gasteiger charge is 2.24. The number of ether oxygens (including phenoxy) is 1. The fourth-order valence-corrected chi connectivity index (χ4v) is 3.46. The molecule has 148 valence electrons. The normalized spacial score (nSPS) is 14.3. The molecule has 0 radical (unpaired) electrons. The summed E-state index contributed by atoms with van der Waals surface area (Å²) in [5, 5.41) is 14.1. The molecular weight excluding hydrogens is 384 g/mol. The number of hydrogen-bond acceptors (Lipinski definition) is 5. The molecule has 0 amide bonds. The SMILES string of the molecule is CCCC(C(=O)O)n1cc(OC)c(-c2cc(Cl)ccc2C2=NOCC2)cc1=O. The Morgan fingerprint density at radius 1 is 1.36 bits per heavy atom. The minimum absolute atomic E-state index is 0.342. The van der Waals surface area contributed by atoms with Gasteiger partial charge in [0.05, 0.1) is 19.0 Å². The first-order valence-corrected chi connectivity index (χ1v) is 9.36. The van der Waals surface area contributed by atoms with E-state index < -0.39 is 17.6 Å². The Kier molecular flexibility index (Phi) is 6.04. The molecule has 0 bridgehead atoms. The maximum Gasteiger partial charge on any atom is 0.326 e. The van der Waals surface area contributed by atoms with Crippen LogP contribution in [0, 0.1) is 0 Å². The highest BCUT2D eigenvalue weighted by molar-refractivity contribution is 6.31. The second kappa shape index (κ2) is 8.48. The third kappa shape index (κ3) is 3.89. The molecule has 1 aromatic heterocycles. The molecule has 1 atom stereocenters. The van der Waals surface area contributed by atoms with Crippen LogP contribution >= 0.6 is 11.6 Å². The van der Waals surface area contributed by atoms with Crippen molar-refractivity contribution in [3.05, 3.63) is 51.4 Å². The number of oxime groups is 1. The van der Waals surface area contributed by atoms with Crippen molar-refractivity contribution in [3.63, 3.8) is 0 Å². The summed E-state index contributed by atoms with van der Waals surface area (Å²) < 4.78 is 6.70. The molecule has 2 aromatic rings. The molecule has 3 rings (SSSR count). The number of hydrogen-bond donors (Lipinski definition) is 1. The smallest absolute Gasteiger partial charge is 0.326 e. The first kappa shape index (κ1) is 19.9. The van der Waals surface area contributed by atoms with Crippen LogP contribution in [0.15, 0.2) is 40.4 Å². The molecule has 1 N–H and O–H groups in total. The van der Waals surface area contributed by atoms with Crippen molar-refractivity contribution in [1.29, 1.82) is 0 Å². The van der Waals surface area contributed by atoms with E-state index in [1.807, 2.05) is 13.0 Å². The van der Waals surface area contributed by atoms with Gasteiger partial charge in [0.1, 0.15) is 18.4 Å². The lowest BCUT2D eigenvalue weighted by Crippen LogP contribution is -2.29. The number of benzene rings is 1. The zero-order valence-corrected chi connectivity index (χ0v) is 16.4. The van der Waals surface area contributed by atoms with Gasteiger partial charge >= 0.3 is 5.97 Å². The second-order valence-electron chi connectivity index (χ2n) is 6.45. The zero-order valence-electron chi connectivity index (χ0n) is 15.6. The quantitative estimate of drug-likeness (QED) is 0.759. The highest BCUT2D eigenvalue weighted by Crippen LogP contribution is 2.35. The summed E-state index contributed by atoms with van der Waals surface area (Å²) in [5.41, 5.74) is 2.33. The van der Waals surface area contributed by atoms with Crippen molar-refractivity contribution in [1.82, 2.24) is 4.57 Å². The molecular formula is C20H21ClN2O5. The van der Waals surface area contributed by atoms with Crippen LogP contribution in [0.3, 0.4) is 0 Å². The number of carbonyl (C=O) groups is 1. The standard InChI is InChI=1S/C20H21ClN2O5/c1-3-4-17(20(25)26)23-11-18(27-2)15(10-19(23)24)14-9-12(21)5-6-13(14)16-7-8-28-22-16/h5-6,9-11,17H,3-4,7-8H2,1-2H3,(H,25,26). The van der Waals surface area contributed by atoms with Crippen molar-refractivity contribution in [2.75, 3.05) is 13.7 Å². The Hall–Kier alpha value is -2.80. The van der Waals surface area contributed by atoms with Crippen LogP contribution in [0.1, 0.15) is 37.8 Å². The summed E-state index contributed by atoms with van der Waals surface area (Å²) in [6, 6.07) is 5.74. The fourth-order valence-electron chi connectivity index (χ4n) is 3.29. The summed E-state index contributed by atoms with van der Waals surface area (Å²) in [4.78, 5) is 29.5. The van der Waals surface area contributed by atoms with Gasteiger partial charge in [0.2, 0.25) is 0 Å². The number of halogens is 1. The number of pyridine rings is 1. The number of rotatable bonds is 7. The molecule has 1 unspecified atom stereocenters. The van der Waals surface area contributed by atoms with Gasteiger partial charge in [0, 0.05) is 28.6 Å². The van der Waals surface area contributed by atoms with Crippen molar-refractivity contribution < 1.29 is 19.5 Å². The summed E-state index contributed by atoms with van der Waals surface area (Å²) >= 11 is 6.20. The van der Waals surface area contributed by atoms with E-state index in [-0.39, 0.29) is 0 Å². The van der Waals surface area contributed by atoms with Gasteiger partial charge in [-0.1, -0.05) is 36.2 Å². The van der Waals surface area contributed by atoms with E-state index in [1.165, 1.54) is 23.9 Å². The van der Waals surface area contributed by atoms with Crippen LogP contribution < -0.4 is 10.3 Å². The average molecular weight is 405 g/mol. The molecule has 0 spiro atoms. The zero-order chi connectivity index (χ0) is 20.3. The molecule has 7 nitrogen and oxygen atoms in total. The van der Waals surface area contributed by atoms with Crippen LogP contribution in [-0.2, 0) is 9.63 Å². The van der Waals surface area contributed by atoms with Gasteiger partial charge in [-0.25, -0.2) is 4.79 Å². The highest BCUT2D eigenvalue weighted by atomic mass is 35.5. The van der Waals surface area contributed by atoms with Gasteiger partial charge in [-0.3, -0.25) is 9.36 Å². The van der Waals surface area contributed by atoms with E-state index >= 15 is 0 Å². The van der Waals surface area contributed by atoms with E-state index in [1.54, 1.807) is 12.1 Å². The van der Waals surface area contributed by atoms with E-state index in [0.717, 1.165) is 11.3 Å². The third-order valence-electron chi connectivity index (χ3n) is 4.63. The lowest BCUT2D eigenvalue weighted by Gasteiger charge is -2.19. The molecule has 28 heavy (non-hydrogen) atoms. The predicted molar refractivity (Wildman–Crippen MR) is 106 cm³/mol. The van der Waals surface area contributed by atoms with Crippen LogP contribution in [0.2, 0.25) is 5.02 Å². The summed E-state index contributed by atoms with van der Waals surface area (Å²) in [6.45, 7) is 2.36. The van der Waals surface area contributed by atoms with Crippen LogP contribution in [0.4, 0.5) is 0 Å². The van der Waals surface area contributed by atoms with Gasteiger partial charge in [-0.05, 0) is 24.1 Å². The van der Waals surface area contributed by atoms with Crippen LogP contribution in [0.5, 0.6) is 5.75 Å². The number of carboxylic acid groups (broad SMARTS) is 1. The molecule has 1 aliphatic heterocycles. The van der Waals surface area contributed by atoms with E-state index in [0.29, 0.717) is 47.8 Å². The van der Waals surface area contributed by atoms with Gasteiger partial charge in [-0.2, -0.15) is 0 Å². The topological polar surface area (TPSA) is 90.1 Å². The number of nitrogens with zero attached hydrogens (tertiary/aromatic N) is 2. The molecule has 0 saturated carbocycles. The van der Waals surface area contributed by atoms with Crippen LogP contribution in [-0.4, -0.2) is 35.1 Å². The van der Waals surface area contributed by atoms with Crippen molar-refractivity contribution >= 4 is 23.3 Å². The van der Waals surface area contributed by atoms with Gasteiger partial charge < -0.3 is 14.7 Å². The van der Waals surface area contributed by atoms with Crippen molar-refractivity contribution in [2.45, 2.75) is 32.2 Å². The maximum absolute atomic E-state index is 12.8. The monoisotopic (exact) mass is 404 g/mol. The fraction of sp³-hybridized carbons (Fsp3) is 0.350. The molecule has 0 aliphatic carbocycles. The Balaban J connectivity index is 2.19. The number of carboxylic acids is 1. The molecule has 0 fully saturated rings. The van der Waals surface area contributed by atoms with E-state index in [9.17, 15) is 14.7 Å². The molecule has 2 heterocycles. The number of methoxy groups -OCH3 is 1. The van der Waals surface area contributed by atoms with Crippen LogP contribution in [0.25, 0.3) is 11.1 Å². The number of aliphatic carboxylic acids is 1. The van der Waals surface area contributed by atoms with Gasteiger partial charge in [-0.15, -0.1) is 0 Å². The molecule has 0 saturated heterocycles. The summed E-state index contributed by atoms with van der Waals surface area (Å²) in [7, 11) is 1.48. The van der Waals surface area contributed by atoms with E-state index in [4.69, 9.17) is 21.2 Å². The minimum atomic E-state index is -1.06. The second-order valence-corrected chi connectivity index (χ2v) is 6.89.